The molecule has 0 bridgehead atoms. The summed E-state index contributed by atoms with van der Waals surface area (Å²) in [7, 11) is 0. The van der Waals surface area contributed by atoms with E-state index in [1.54, 1.807) is 0 Å². The number of rotatable bonds is 0. The highest BCUT2D eigenvalue weighted by molar-refractivity contribution is 6.12. The van der Waals surface area contributed by atoms with Crippen LogP contribution in [0.3, 0.4) is 0 Å². The van der Waals surface area contributed by atoms with Gasteiger partial charge in [-0.25, -0.2) is 4.98 Å². The lowest BCUT2D eigenvalue weighted by Gasteiger charge is -2.07. The van der Waals surface area contributed by atoms with Crippen LogP contribution in [0.4, 0.5) is 0 Å². The van der Waals surface area contributed by atoms with E-state index in [-0.39, 0.29) is 0 Å². The van der Waals surface area contributed by atoms with Crippen LogP contribution in [0, 0.1) is 6.07 Å². The summed E-state index contributed by atoms with van der Waals surface area (Å²) in [5.74, 6) is 0. The van der Waals surface area contributed by atoms with Gasteiger partial charge in [-0.1, -0.05) is 72.8 Å². The summed E-state index contributed by atoms with van der Waals surface area (Å²) in [5, 5.41) is 6.95. The van der Waals surface area contributed by atoms with Crippen molar-refractivity contribution in [3.05, 3.63) is 78.9 Å². The van der Waals surface area contributed by atoms with Crippen LogP contribution in [0.5, 0.6) is 0 Å². The first-order valence-corrected chi connectivity index (χ1v) is 7.42. The first kappa shape index (κ1) is 11.7. The van der Waals surface area contributed by atoms with Crippen LogP contribution in [-0.4, -0.2) is 4.98 Å². The monoisotopic (exact) mass is 278 g/mol. The summed E-state index contributed by atoms with van der Waals surface area (Å²) in [4.78, 5) is 5.00. The minimum absolute atomic E-state index is 1.03. The van der Waals surface area contributed by atoms with Crippen LogP contribution in [0.15, 0.2) is 72.8 Å². The Morgan fingerprint density at radius 1 is 0.545 bits per heavy atom. The molecule has 0 aliphatic heterocycles. The Morgan fingerprint density at radius 2 is 1.05 bits per heavy atom. The number of nitrogens with zero attached hydrogens (tertiary/aromatic N) is 1. The number of hydrogen-bond acceptors (Lipinski definition) is 1. The molecule has 5 aromatic rings. The average molecular weight is 278 g/mol. The second-order valence-electron chi connectivity index (χ2n) is 5.60. The third kappa shape index (κ3) is 1.57. The zero-order valence-electron chi connectivity index (χ0n) is 11.9. The molecule has 0 saturated heterocycles. The lowest BCUT2D eigenvalue weighted by molar-refractivity contribution is 1.53. The van der Waals surface area contributed by atoms with Crippen molar-refractivity contribution < 1.29 is 0 Å². The van der Waals surface area contributed by atoms with Crippen molar-refractivity contribution in [2.45, 2.75) is 0 Å². The summed E-state index contributed by atoms with van der Waals surface area (Å²) < 4.78 is 0. The molecule has 0 spiro atoms. The SMILES string of the molecule is [c]1c2ccc3ccccc3c2nc2c1ccc1ccccc12. The summed E-state index contributed by atoms with van der Waals surface area (Å²) in [6.07, 6.45) is 0. The zero-order chi connectivity index (χ0) is 14.5. The van der Waals surface area contributed by atoms with Crippen LogP contribution in [0.1, 0.15) is 0 Å². The topological polar surface area (TPSA) is 12.9 Å². The molecule has 101 valence electrons. The third-order valence-corrected chi connectivity index (χ3v) is 4.29. The van der Waals surface area contributed by atoms with E-state index in [1.807, 2.05) is 0 Å². The Hall–Kier alpha value is -2.93. The fourth-order valence-electron chi connectivity index (χ4n) is 3.21. The molecule has 5 rings (SSSR count). The van der Waals surface area contributed by atoms with Gasteiger partial charge in [-0.15, -0.1) is 0 Å². The molecule has 1 heteroatoms. The number of benzene rings is 4. The zero-order valence-corrected chi connectivity index (χ0v) is 11.9. The molecule has 0 atom stereocenters. The molecule has 4 aromatic carbocycles. The van der Waals surface area contributed by atoms with E-state index in [4.69, 9.17) is 4.98 Å². The Balaban J connectivity index is 2.05. The van der Waals surface area contributed by atoms with Crippen molar-refractivity contribution in [3.8, 4) is 0 Å². The van der Waals surface area contributed by atoms with Crippen molar-refractivity contribution in [2.75, 3.05) is 0 Å². The molecule has 0 amide bonds. The molecule has 1 heterocycles. The highest BCUT2D eigenvalue weighted by Gasteiger charge is 2.07. The maximum absolute atomic E-state index is 5.00. The summed E-state index contributed by atoms with van der Waals surface area (Å²) in [6.45, 7) is 0. The van der Waals surface area contributed by atoms with Gasteiger partial charge in [0, 0.05) is 27.6 Å². The highest BCUT2D eigenvalue weighted by Crippen LogP contribution is 2.29. The molecular formula is C21H12N. The van der Waals surface area contributed by atoms with Crippen LogP contribution >= 0.6 is 0 Å². The molecule has 0 saturated carbocycles. The molecule has 0 unspecified atom stereocenters. The maximum atomic E-state index is 5.00. The van der Waals surface area contributed by atoms with Crippen molar-refractivity contribution in [2.24, 2.45) is 0 Å². The van der Waals surface area contributed by atoms with Crippen LogP contribution in [-0.2, 0) is 0 Å². The summed E-state index contributed by atoms with van der Waals surface area (Å²) in [6, 6.07) is 28.8. The van der Waals surface area contributed by atoms with Gasteiger partial charge in [0.2, 0.25) is 0 Å². The first-order chi connectivity index (χ1) is 10.9. The Morgan fingerprint density at radius 3 is 1.59 bits per heavy atom. The van der Waals surface area contributed by atoms with Gasteiger partial charge >= 0.3 is 0 Å². The minimum Gasteiger partial charge on any atom is -0.246 e. The molecule has 22 heavy (non-hydrogen) atoms. The normalized spacial score (nSPS) is 11.6. The van der Waals surface area contributed by atoms with Crippen LogP contribution < -0.4 is 0 Å². The van der Waals surface area contributed by atoms with Crippen molar-refractivity contribution in [3.63, 3.8) is 0 Å². The number of aromatic nitrogens is 1. The predicted octanol–water partition coefficient (Wildman–Crippen LogP) is 5.49. The summed E-state index contributed by atoms with van der Waals surface area (Å²) >= 11 is 0. The molecular weight excluding hydrogens is 266 g/mol. The Labute approximate surface area is 127 Å². The number of hydrogen-bond donors (Lipinski definition) is 0. The second-order valence-corrected chi connectivity index (χ2v) is 5.60. The molecule has 0 fully saturated rings. The van der Waals surface area contributed by atoms with E-state index >= 15 is 0 Å². The highest BCUT2D eigenvalue weighted by atomic mass is 14.7. The molecule has 0 aliphatic rings. The molecule has 0 N–H and O–H groups in total. The van der Waals surface area contributed by atoms with Gasteiger partial charge in [0.15, 0.2) is 0 Å². The number of fused-ring (bicyclic) bond motifs is 6. The Bertz CT molecular complexity index is 1080. The van der Waals surface area contributed by atoms with E-state index < -0.39 is 0 Å². The van der Waals surface area contributed by atoms with E-state index in [9.17, 15) is 0 Å². The van der Waals surface area contributed by atoms with Gasteiger partial charge in [-0.2, -0.15) is 0 Å². The molecule has 1 nitrogen and oxygen atoms in total. The van der Waals surface area contributed by atoms with Crippen LogP contribution in [0.2, 0.25) is 0 Å². The van der Waals surface area contributed by atoms with Crippen molar-refractivity contribution >= 4 is 43.4 Å². The quantitative estimate of drug-likeness (QED) is 0.269. The van der Waals surface area contributed by atoms with Gasteiger partial charge < -0.3 is 0 Å². The van der Waals surface area contributed by atoms with E-state index in [0.717, 1.165) is 21.8 Å². The second kappa shape index (κ2) is 4.28. The molecule has 1 aromatic heterocycles. The van der Waals surface area contributed by atoms with E-state index in [2.05, 4.69) is 78.9 Å². The standard InChI is InChI=1S/C21H12N/c1-3-7-18-14(5-1)9-11-16-13-17-12-10-15-6-2-4-8-19(15)21(17)22-20(16)18/h1-12H. The van der Waals surface area contributed by atoms with Crippen molar-refractivity contribution in [1.82, 2.24) is 4.98 Å². The van der Waals surface area contributed by atoms with Crippen molar-refractivity contribution in [1.29, 1.82) is 0 Å². The largest absolute Gasteiger partial charge is 0.246 e. The smallest absolute Gasteiger partial charge is 0.0794 e. The minimum atomic E-state index is 1.03. The summed E-state index contributed by atoms with van der Waals surface area (Å²) in [5.41, 5.74) is 2.06. The van der Waals surface area contributed by atoms with Gasteiger partial charge in [0.1, 0.15) is 0 Å². The van der Waals surface area contributed by atoms with Gasteiger partial charge in [-0.3, -0.25) is 0 Å². The molecule has 1 radical (unpaired) electrons. The average Bonchev–Trinajstić information content (AvgIpc) is 2.60. The first-order valence-electron chi connectivity index (χ1n) is 7.42. The number of pyridine rings is 1. The lowest BCUT2D eigenvalue weighted by Crippen LogP contribution is -1.86. The predicted molar refractivity (Wildman–Crippen MR) is 93.1 cm³/mol. The lowest BCUT2D eigenvalue weighted by atomic mass is 10.0. The van der Waals surface area contributed by atoms with Gasteiger partial charge in [0.25, 0.3) is 0 Å². The van der Waals surface area contributed by atoms with E-state index in [1.165, 1.54) is 21.5 Å². The Kier molecular flexibility index (Phi) is 2.28. The van der Waals surface area contributed by atoms with Gasteiger partial charge in [0.05, 0.1) is 11.0 Å². The third-order valence-electron chi connectivity index (χ3n) is 4.29. The fraction of sp³-hybridized carbons (Fsp3) is 0. The maximum Gasteiger partial charge on any atom is 0.0794 e. The van der Waals surface area contributed by atoms with E-state index in [0.29, 0.717) is 0 Å². The van der Waals surface area contributed by atoms with Crippen LogP contribution in [0.25, 0.3) is 43.4 Å². The fourth-order valence-corrected chi connectivity index (χ4v) is 3.21. The van der Waals surface area contributed by atoms with Gasteiger partial charge in [-0.05, 0) is 10.8 Å². The molecule has 0 aliphatic carbocycles.